The summed E-state index contributed by atoms with van der Waals surface area (Å²) in [6, 6.07) is 0. The second kappa shape index (κ2) is 2.97. The number of esters is 1. The summed E-state index contributed by atoms with van der Waals surface area (Å²) >= 11 is 0. The summed E-state index contributed by atoms with van der Waals surface area (Å²) in [6.45, 7) is 2.15. The average Bonchev–Trinajstić information content (AvgIpc) is 2.57. The zero-order chi connectivity index (χ0) is 10.3. The quantitative estimate of drug-likeness (QED) is 0.688. The van der Waals surface area contributed by atoms with Gasteiger partial charge in [0, 0.05) is 0 Å². The number of aliphatic carboxylic acids is 1. The number of carbonyl (C=O) groups excluding carboxylic acids is 1. The van der Waals surface area contributed by atoms with Crippen LogP contribution in [-0.4, -0.2) is 23.7 Å². The summed E-state index contributed by atoms with van der Waals surface area (Å²) in [5, 5.41) is 8.99. The molecular weight excluding hydrogens is 184 g/mol. The van der Waals surface area contributed by atoms with Gasteiger partial charge in [-0.05, 0) is 32.1 Å². The van der Waals surface area contributed by atoms with Crippen LogP contribution in [0.3, 0.4) is 0 Å². The molecule has 3 fully saturated rings. The SMILES string of the molecule is CCOC(=O)C1CC2(C(=O)O)CC1C2. The van der Waals surface area contributed by atoms with Gasteiger partial charge in [0.2, 0.25) is 0 Å². The van der Waals surface area contributed by atoms with Crippen molar-refractivity contribution in [3.8, 4) is 0 Å². The summed E-state index contributed by atoms with van der Waals surface area (Å²) < 4.78 is 4.92. The largest absolute Gasteiger partial charge is 0.481 e. The van der Waals surface area contributed by atoms with E-state index in [-0.39, 0.29) is 17.8 Å². The van der Waals surface area contributed by atoms with E-state index in [4.69, 9.17) is 9.84 Å². The number of fused-ring (bicyclic) bond motifs is 1. The maximum Gasteiger partial charge on any atom is 0.309 e. The van der Waals surface area contributed by atoms with Crippen LogP contribution in [0.5, 0.6) is 0 Å². The van der Waals surface area contributed by atoms with Crippen LogP contribution in [0.2, 0.25) is 0 Å². The van der Waals surface area contributed by atoms with Gasteiger partial charge < -0.3 is 9.84 Å². The number of rotatable bonds is 3. The van der Waals surface area contributed by atoms with Crippen molar-refractivity contribution in [1.82, 2.24) is 0 Å². The fourth-order valence-electron chi connectivity index (χ4n) is 2.77. The first-order chi connectivity index (χ1) is 6.59. The zero-order valence-corrected chi connectivity index (χ0v) is 8.16. The van der Waals surface area contributed by atoms with Crippen LogP contribution in [0.1, 0.15) is 26.2 Å². The van der Waals surface area contributed by atoms with Gasteiger partial charge in [0.1, 0.15) is 0 Å². The number of carboxylic acid groups (broad SMARTS) is 1. The molecule has 14 heavy (non-hydrogen) atoms. The predicted molar refractivity (Wildman–Crippen MR) is 47.5 cm³/mol. The maximum atomic E-state index is 11.4. The van der Waals surface area contributed by atoms with Crippen molar-refractivity contribution in [2.24, 2.45) is 17.3 Å². The number of carbonyl (C=O) groups is 2. The minimum Gasteiger partial charge on any atom is -0.481 e. The lowest BCUT2D eigenvalue weighted by Gasteiger charge is -2.33. The molecule has 0 spiro atoms. The van der Waals surface area contributed by atoms with E-state index < -0.39 is 11.4 Å². The summed E-state index contributed by atoms with van der Waals surface area (Å²) in [6.07, 6.45) is 1.80. The van der Waals surface area contributed by atoms with Gasteiger partial charge in [-0.15, -0.1) is 0 Å². The minimum absolute atomic E-state index is 0.161. The van der Waals surface area contributed by atoms with Crippen molar-refractivity contribution in [3.05, 3.63) is 0 Å². The first-order valence-corrected chi connectivity index (χ1v) is 4.99. The van der Waals surface area contributed by atoms with E-state index in [0.29, 0.717) is 25.9 Å². The molecule has 0 heterocycles. The van der Waals surface area contributed by atoms with E-state index in [1.54, 1.807) is 6.92 Å². The van der Waals surface area contributed by atoms with Gasteiger partial charge in [-0.1, -0.05) is 0 Å². The third-order valence-electron chi connectivity index (χ3n) is 3.53. The van der Waals surface area contributed by atoms with Crippen molar-refractivity contribution in [2.45, 2.75) is 26.2 Å². The lowest BCUT2D eigenvalue weighted by Crippen LogP contribution is -2.36. The van der Waals surface area contributed by atoms with Crippen LogP contribution in [0.4, 0.5) is 0 Å². The molecule has 0 radical (unpaired) electrons. The smallest absolute Gasteiger partial charge is 0.309 e. The molecular formula is C10H14O4. The Labute approximate surface area is 82.2 Å². The third-order valence-corrected chi connectivity index (χ3v) is 3.53. The van der Waals surface area contributed by atoms with Gasteiger partial charge in [0.15, 0.2) is 0 Å². The fraction of sp³-hybridized carbons (Fsp3) is 0.800. The standard InChI is InChI=1S/C10H14O4/c1-2-14-8(11)7-5-10(9(12)13)3-6(7)4-10/h6-7H,2-5H2,1H3,(H,12,13). The van der Waals surface area contributed by atoms with Gasteiger partial charge in [-0.2, -0.15) is 0 Å². The lowest BCUT2D eigenvalue weighted by molar-refractivity contribution is -0.153. The molecule has 4 nitrogen and oxygen atoms in total. The van der Waals surface area contributed by atoms with Crippen LogP contribution in [0.25, 0.3) is 0 Å². The number of ether oxygens (including phenoxy) is 1. The highest BCUT2D eigenvalue weighted by molar-refractivity contribution is 5.82. The van der Waals surface area contributed by atoms with Crippen LogP contribution >= 0.6 is 0 Å². The van der Waals surface area contributed by atoms with E-state index in [1.807, 2.05) is 0 Å². The van der Waals surface area contributed by atoms with Gasteiger partial charge in [-0.3, -0.25) is 9.59 Å². The molecule has 0 aromatic carbocycles. The average molecular weight is 198 g/mol. The highest BCUT2D eigenvalue weighted by atomic mass is 16.5. The summed E-state index contributed by atoms with van der Waals surface area (Å²) in [5.74, 6) is -0.866. The van der Waals surface area contributed by atoms with E-state index in [0.717, 1.165) is 0 Å². The predicted octanol–water partition coefficient (Wildman–Crippen LogP) is 1.05. The van der Waals surface area contributed by atoms with Crippen molar-refractivity contribution in [1.29, 1.82) is 0 Å². The van der Waals surface area contributed by atoms with Gasteiger partial charge >= 0.3 is 11.9 Å². The molecule has 0 aromatic rings. The Balaban J connectivity index is 2.02. The Morgan fingerprint density at radius 1 is 1.43 bits per heavy atom. The number of carboxylic acids is 1. The highest BCUT2D eigenvalue weighted by Crippen LogP contribution is 2.62. The summed E-state index contributed by atoms with van der Waals surface area (Å²) in [7, 11) is 0. The summed E-state index contributed by atoms with van der Waals surface area (Å²) in [5.41, 5.74) is -0.595. The van der Waals surface area contributed by atoms with Crippen LogP contribution in [0.15, 0.2) is 0 Å². The van der Waals surface area contributed by atoms with Crippen molar-refractivity contribution in [3.63, 3.8) is 0 Å². The summed E-state index contributed by atoms with van der Waals surface area (Å²) in [4.78, 5) is 22.4. The van der Waals surface area contributed by atoms with Crippen LogP contribution in [0, 0.1) is 17.3 Å². The first kappa shape index (κ1) is 9.49. The monoisotopic (exact) mass is 198 g/mol. The van der Waals surface area contributed by atoms with Crippen molar-refractivity contribution in [2.75, 3.05) is 6.61 Å². The Bertz CT molecular complexity index is 278. The second-order valence-corrected chi connectivity index (χ2v) is 4.32. The fourth-order valence-corrected chi connectivity index (χ4v) is 2.77. The molecule has 2 bridgehead atoms. The topological polar surface area (TPSA) is 63.6 Å². The molecule has 1 unspecified atom stereocenters. The Kier molecular flexibility index (Phi) is 2.01. The number of hydrogen-bond donors (Lipinski definition) is 1. The molecule has 3 aliphatic rings. The molecule has 0 aliphatic heterocycles. The molecule has 0 saturated heterocycles. The molecule has 1 atom stereocenters. The van der Waals surface area contributed by atoms with E-state index in [1.165, 1.54) is 0 Å². The first-order valence-electron chi connectivity index (χ1n) is 4.99. The highest BCUT2D eigenvalue weighted by Gasteiger charge is 2.62. The Morgan fingerprint density at radius 3 is 2.50 bits per heavy atom. The number of hydrogen-bond acceptors (Lipinski definition) is 3. The van der Waals surface area contributed by atoms with Crippen molar-refractivity contribution >= 4 is 11.9 Å². The van der Waals surface area contributed by atoms with Gasteiger partial charge in [-0.25, -0.2) is 0 Å². The Hall–Kier alpha value is -1.06. The second-order valence-electron chi connectivity index (χ2n) is 4.32. The van der Waals surface area contributed by atoms with Gasteiger partial charge in [0.05, 0.1) is 17.9 Å². The van der Waals surface area contributed by atoms with E-state index in [9.17, 15) is 9.59 Å². The molecule has 4 heteroatoms. The molecule has 3 rings (SSSR count). The lowest BCUT2D eigenvalue weighted by atomic mass is 9.69. The van der Waals surface area contributed by atoms with E-state index >= 15 is 0 Å². The van der Waals surface area contributed by atoms with Crippen molar-refractivity contribution < 1.29 is 19.4 Å². The molecule has 0 amide bonds. The molecule has 0 aromatic heterocycles. The molecule has 1 N–H and O–H groups in total. The minimum atomic E-state index is -0.749. The third kappa shape index (κ3) is 1.13. The normalized spacial score (nSPS) is 38.9. The van der Waals surface area contributed by atoms with Gasteiger partial charge in [0.25, 0.3) is 0 Å². The zero-order valence-electron chi connectivity index (χ0n) is 8.16. The molecule has 3 aliphatic carbocycles. The van der Waals surface area contributed by atoms with Crippen LogP contribution in [-0.2, 0) is 14.3 Å². The maximum absolute atomic E-state index is 11.4. The molecule has 3 saturated carbocycles. The molecule has 78 valence electrons. The van der Waals surface area contributed by atoms with Crippen LogP contribution < -0.4 is 0 Å². The Morgan fingerprint density at radius 2 is 2.07 bits per heavy atom. The van der Waals surface area contributed by atoms with E-state index in [2.05, 4.69) is 0 Å².